The number of hydrogen-bond donors (Lipinski definition) is 1. The van der Waals surface area contributed by atoms with Gasteiger partial charge in [-0.25, -0.2) is 0 Å². The molecule has 0 fully saturated rings. The summed E-state index contributed by atoms with van der Waals surface area (Å²) < 4.78 is 3.15. The van der Waals surface area contributed by atoms with Crippen molar-refractivity contribution < 1.29 is 0 Å². The van der Waals surface area contributed by atoms with Crippen molar-refractivity contribution in [1.82, 2.24) is 15.1 Å². The highest BCUT2D eigenvalue weighted by atomic mass is 79.9. The molecule has 0 aliphatic carbocycles. The van der Waals surface area contributed by atoms with Crippen LogP contribution in [0.1, 0.15) is 35.5 Å². The molecular formula is C13H18BrN3S. The minimum absolute atomic E-state index is 0.229. The van der Waals surface area contributed by atoms with E-state index in [0.717, 1.165) is 13.0 Å². The molecule has 0 amide bonds. The van der Waals surface area contributed by atoms with E-state index in [2.05, 4.69) is 52.3 Å². The van der Waals surface area contributed by atoms with Crippen molar-refractivity contribution in [3.8, 4) is 0 Å². The van der Waals surface area contributed by atoms with Gasteiger partial charge in [0.05, 0.1) is 15.5 Å². The molecule has 2 heterocycles. The van der Waals surface area contributed by atoms with Gasteiger partial charge in [0.1, 0.15) is 0 Å². The second-order valence-electron chi connectivity index (χ2n) is 4.37. The van der Waals surface area contributed by atoms with Crippen molar-refractivity contribution >= 4 is 27.3 Å². The Morgan fingerprint density at radius 3 is 2.83 bits per heavy atom. The molecule has 1 atom stereocenters. The third kappa shape index (κ3) is 2.84. The number of aryl methyl sites for hydroxylation is 2. The van der Waals surface area contributed by atoms with Gasteiger partial charge in [0, 0.05) is 18.1 Å². The Hall–Kier alpha value is -0.650. The minimum Gasteiger partial charge on any atom is -0.304 e. The Morgan fingerprint density at radius 2 is 2.33 bits per heavy atom. The largest absolute Gasteiger partial charge is 0.304 e. The SMILES string of the molecule is CCCNC(c1cc(C)c(Br)s1)c1ccnn1C. The first kappa shape index (κ1) is 13.8. The Morgan fingerprint density at radius 1 is 1.56 bits per heavy atom. The number of nitrogens with one attached hydrogen (secondary N) is 1. The molecule has 2 aromatic rings. The maximum Gasteiger partial charge on any atom is 0.0842 e. The van der Waals surface area contributed by atoms with Crippen LogP contribution in [0.3, 0.4) is 0 Å². The summed E-state index contributed by atoms with van der Waals surface area (Å²) in [6.07, 6.45) is 2.98. The van der Waals surface area contributed by atoms with Crippen LogP contribution in [0.2, 0.25) is 0 Å². The smallest absolute Gasteiger partial charge is 0.0842 e. The lowest BCUT2D eigenvalue weighted by atomic mass is 10.1. The number of aromatic nitrogens is 2. The third-order valence-electron chi connectivity index (χ3n) is 2.91. The maximum atomic E-state index is 4.27. The van der Waals surface area contributed by atoms with Gasteiger partial charge >= 0.3 is 0 Å². The van der Waals surface area contributed by atoms with E-state index in [1.54, 1.807) is 11.3 Å². The van der Waals surface area contributed by atoms with Gasteiger partial charge in [0.15, 0.2) is 0 Å². The molecule has 0 aliphatic heterocycles. The van der Waals surface area contributed by atoms with Gasteiger partial charge in [0.2, 0.25) is 0 Å². The topological polar surface area (TPSA) is 29.9 Å². The summed E-state index contributed by atoms with van der Waals surface area (Å²) in [4.78, 5) is 1.33. The fourth-order valence-electron chi connectivity index (χ4n) is 1.93. The highest BCUT2D eigenvalue weighted by Gasteiger charge is 2.19. The molecule has 0 spiro atoms. The van der Waals surface area contributed by atoms with Gasteiger partial charge in [-0.3, -0.25) is 4.68 Å². The molecule has 98 valence electrons. The zero-order valence-electron chi connectivity index (χ0n) is 10.9. The van der Waals surface area contributed by atoms with Crippen molar-refractivity contribution in [3.63, 3.8) is 0 Å². The average molecular weight is 328 g/mol. The zero-order valence-corrected chi connectivity index (χ0v) is 13.3. The molecule has 0 bridgehead atoms. The lowest BCUT2D eigenvalue weighted by Crippen LogP contribution is -2.24. The first-order chi connectivity index (χ1) is 8.63. The molecule has 18 heavy (non-hydrogen) atoms. The molecule has 0 aromatic carbocycles. The van der Waals surface area contributed by atoms with Gasteiger partial charge in [-0.2, -0.15) is 5.10 Å². The van der Waals surface area contributed by atoms with Crippen LogP contribution in [0.15, 0.2) is 22.1 Å². The van der Waals surface area contributed by atoms with E-state index in [9.17, 15) is 0 Å². The molecule has 3 nitrogen and oxygen atoms in total. The predicted molar refractivity (Wildman–Crippen MR) is 80.1 cm³/mol. The molecule has 2 aromatic heterocycles. The van der Waals surface area contributed by atoms with Crippen LogP contribution in [0, 0.1) is 6.92 Å². The van der Waals surface area contributed by atoms with Crippen LogP contribution < -0.4 is 5.32 Å². The molecule has 0 radical (unpaired) electrons. The van der Waals surface area contributed by atoms with Crippen LogP contribution >= 0.6 is 27.3 Å². The van der Waals surface area contributed by atoms with Crippen molar-refractivity contribution in [3.05, 3.63) is 38.3 Å². The molecular weight excluding hydrogens is 310 g/mol. The fraction of sp³-hybridized carbons (Fsp3) is 0.462. The lowest BCUT2D eigenvalue weighted by Gasteiger charge is -2.17. The van der Waals surface area contributed by atoms with E-state index in [4.69, 9.17) is 0 Å². The standard InChI is InChI=1S/C13H18BrN3S/c1-4-6-15-12(10-5-7-16-17(10)3)11-8-9(2)13(14)18-11/h5,7-8,12,15H,4,6H2,1-3H3. The molecule has 1 N–H and O–H groups in total. The summed E-state index contributed by atoms with van der Waals surface area (Å²) in [7, 11) is 1.99. The van der Waals surface area contributed by atoms with Gasteiger partial charge in [-0.1, -0.05) is 6.92 Å². The van der Waals surface area contributed by atoms with Crippen LogP contribution in [0.5, 0.6) is 0 Å². The maximum absolute atomic E-state index is 4.27. The second kappa shape index (κ2) is 5.99. The van der Waals surface area contributed by atoms with Gasteiger partial charge in [-0.05, 0) is 53.5 Å². The Labute approximate surface area is 120 Å². The monoisotopic (exact) mass is 327 g/mol. The lowest BCUT2D eigenvalue weighted by molar-refractivity contribution is 0.559. The van der Waals surface area contributed by atoms with Gasteiger partial charge < -0.3 is 5.32 Å². The van der Waals surface area contributed by atoms with Crippen molar-refractivity contribution in [1.29, 1.82) is 0 Å². The van der Waals surface area contributed by atoms with E-state index >= 15 is 0 Å². The van der Waals surface area contributed by atoms with Crippen molar-refractivity contribution in [2.75, 3.05) is 6.54 Å². The highest BCUT2D eigenvalue weighted by Crippen LogP contribution is 2.34. The van der Waals surface area contributed by atoms with Gasteiger partial charge in [0.25, 0.3) is 0 Å². The summed E-state index contributed by atoms with van der Waals surface area (Å²) in [6.45, 7) is 5.32. The van der Waals surface area contributed by atoms with E-state index in [1.807, 2.05) is 17.9 Å². The quantitative estimate of drug-likeness (QED) is 0.908. The van der Waals surface area contributed by atoms with Crippen LogP contribution in [0.25, 0.3) is 0 Å². The molecule has 2 rings (SSSR count). The zero-order chi connectivity index (χ0) is 13.1. The minimum atomic E-state index is 0.229. The number of halogens is 1. The summed E-state index contributed by atoms with van der Waals surface area (Å²) in [5.41, 5.74) is 2.50. The normalized spacial score (nSPS) is 12.9. The Bertz CT molecular complexity index is 499. The van der Waals surface area contributed by atoms with E-state index < -0.39 is 0 Å². The number of nitrogens with zero attached hydrogens (tertiary/aromatic N) is 2. The molecule has 0 aliphatic rings. The van der Waals surface area contributed by atoms with E-state index in [0.29, 0.717) is 0 Å². The number of thiophene rings is 1. The molecule has 5 heteroatoms. The van der Waals surface area contributed by atoms with Gasteiger partial charge in [-0.15, -0.1) is 11.3 Å². The van der Waals surface area contributed by atoms with Crippen LogP contribution in [-0.4, -0.2) is 16.3 Å². The average Bonchev–Trinajstić information content (AvgIpc) is 2.88. The Balaban J connectivity index is 2.33. The second-order valence-corrected chi connectivity index (χ2v) is 6.77. The number of hydrogen-bond acceptors (Lipinski definition) is 3. The first-order valence-corrected chi connectivity index (χ1v) is 7.71. The highest BCUT2D eigenvalue weighted by molar-refractivity contribution is 9.11. The summed E-state index contributed by atoms with van der Waals surface area (Å²) in [5, 5.41) is 7.87. The Kier molecular flexibility index (Phi) is 4.59. The van der Waals surface area contributed by atoms with Crippen LogP contribution in [0.4, 0.5) is 0 Å². The fourth-order valence-corrected chi connectivity index (χ4v) is 3.59. The third-order valence-corrected chi connectivity index (χ3v) is 5.12. The van der Waals surface area contributed by atoms with Crippen molar-refractivity contribution in [2.24, 2.45) is 7.05 Å². The number of rotatable bonds is 5. The summed E-state index contributed by atoms with van der Waals surface area (Å²) in [6, 6.07) is 4.55. The first-order valence-electron chi connectivity index (χ1n) is 6.10. The summed E-state index contributed by atoms with van der Waals surface area (Å²) in [5.74, 6) is 0. The molecule has 0 saturated heterocycles. The molecule has 1 unspecified atom stereocenters. The predicted octanol–water partition coefficient (Wildman–Crippen LogP) is 3.64. The van der Waals surface area contributed by atoms with E-state index in [1.165, 1.54) is 19.9 Å². The van der Waals surface area contributed by atoms with Crippen LogP contribution in [-0.2, 0) is 7.05 Å². The molecule has 0 saturated carbocycles. The summed E-state index contributed by atoms with van der Waals surface area (Å²) >= 11 is 5.40. The van der Waals surface area contributed by atoms with Crippen molar-refractivity contribution in [2.45, 2.75) is 26.3 Å². The van der Waals surface area contributed by atoms with E-state index in [-0.39, 0.29) is 6.04 Å².